The van der Waals surface area contributed by atoms with E-state index >= 15 is 0 Å². The van der Waals surface area contributed by atoms with Crippen LogP contribution in [-0.4, -0.2) is 49.7 Å². The molecule has 0 bridgehead atoms. The third-order valence-corrected chi connectivity index (χ3v) is 5.98. The van der Waals surface area contributed by atoms with E-state index in [0.717, 1.165) is 5.56 Å². The molecule has 3 rings (SSSR count). The number of hydrogen-bond donors (Lipinski definition) is 1. The molecule has 1 fully saturated rings. The van der Waals surface area contributed by atoms with Crippen molar-refractivity contribution >= 4 is 15.9 Å². The molecule has 0 aliphatic carbocycles. The summed E-state index contributed by atoms with van der Waals surface area (Å²) in [4.78, 5) is 13.2. The number of nitrogens with two attached hydrogens (primary N) is 1. The van der Waals surface area contributed by atoms with Crippen LogP contribution in [0.15, 0.2) is 45.9 Å². The maximum atomic E-state index is 12.6. The van der Waals surface area contributed by atoms with E-state index in [-0.39, 0.29) is 10.9 Å². The first-order valence-corrected chi connectivity index (χ1v) is 9.45. The van der Waals surface area contributed by atoms with Gasteiger partial charge in [-0.1, -0.05) is 12.1 Å². The highest BCUT2D eigenvalue weighted by Gasteiger charge is 2.31. The zero-order chi connectivity index (χ0) is 18.7. The van der Waals surface area contributed by atoms with Crippen molar-refractivity contribution < 1.29 is 17.6 Å². The summed E-state index contributed by atoms with van der Waals surface area (Å²) in [7, 11) is -3.79. The molecular formula is C17H18N4O4S. The molecule has 0 unspecified atom stereocenters. The maximum Gasteiger partial charge on any atom is 0.284 e. The van der Waals surface area contributed by atoms with Crippen molar-refractivity contribution in [2.75, 3.05) is 26.2 Å². The lowest BCUT2D eigenvalue weighted by Crippen LogP contribution is -2.48. The molecule has 0 atom stereocenters. The van der Waals surface area contributed by atoms with Crippen molar-refractivity contribution in [1.29, 1.82) is 5.26 Å². The Bertz CT molecular complexity index is 953. The fourth-order valence-corrected chi connectivity index (χ4v) is 4.18. The number of carbonyl (C=O) groups excluding carboxylic acids is 1. The number of rotatable bonds is 5. The molecule has 2 heterocycles. The molecule has 2 aromatic rings. The van der Waals surface area contributed by atoms with E-state index in [2.05, 4.69) is 11.0 Å². The summed E-state index contributed by atoms with van der Waals surface area (Å²) < 4.78 is 31.6. The third kappa shape index (κ3) is 3.77. The summed E-state index contributed by atoms with van der Waals surface area (Å²) in [6.45, 7) is 2.38. The molecule has 1 aromatic heterocycles. The average Bonchev–Trinajstić information content (AvgIpc) is 3.14. The number of nitrogens with zero attached hydrogens (tertiary/aromatic N) is 3. The Labute approximate surface area is 151 Å². The van der Waals surface area contributed by atoms with Crippen LogP contribution in [0.3, 0.4) is 0 Å². The van der Waals surface area contributed by atoms with Gasteiger partial charge in [-0.05, 0) is 29.8 Å². The molecule has 1 aromatic carbocycles. The first kappa shape index (κ1) is 18.1. The summed E-state index contributed by atoms with van der Waals surface area (Å²) in [5.74, 6) is -0.990. The van der Waals surface area contributed by atoms with Crippen molar-refractivity contribution in [2.45, 2.75) is 11.6 Å². The molecule has 0 spiro atoms. The van der Waals surface area contributed by atoms with Crippen LogP contribution < -0.4 is 5.73 Å². The number of piperazine rings is 1. The minimum absolute atomic E-state index is 0.181. The lowest BCUT2D eigenvalue weighted by molar-refractivity contribution is 0.0968. The minimum Gasteiger partial charge on any atom is -0.438 e. The monoisotopic (exact) mass is 374 g/mol. The van der Waals surface area contributed by atoms with Crippen LogP contribution >= 0.6 is 0 Å². The number of nitriles is 1. The van der Waals surface area contributed by atoms with E-state index in [9.17, 15) is 13.2 Å². The Morgan fingerprint density at radius 2 is 1.92 bits per heavy atom. The van der Waals surface area contributed by atoms with Crippen LogP contribution in [0.5, 0.6) is 0 Å². The second kappa shape index (κ2) is 7.29. The van der Waals surface area contributed by atoms with Gasteiger partial charge >= 0.3 is 0 Å². The van der Waals surface area contributed by atoms with E-state index in [0.29, 0.717) is 38.3 Å². The van der Waals surface area contributed by atoms with Gasteiger partial charge in [-0.2, -0.15) is 9.57 Å². The van der Waals surface area contributed by atoms with Gasteiger partial charge in [-0.15, -0.1) is 0 Å². The standard InChI is InChI=1S/C17H18N4O4S/c18-11-13-2-1-3-14(10-13)12-20-6-8-21(9-7-20)26(23,24)16-5-4-15(25-16)17(19)22/h1-5,10H,6-9,12H2,(H2,19,22). The van der Waals surface area contributed by atoms with Gasteiger partial charge in [0.05, 0.1) is 11.6 Å². The molecule has 9 heteroatoms. The number of primary amides is 1. The smallest absolute Gasteiger partial charge is 0.284 e. The Hall–Kier alpha value is -2.67. The predicted octanol–water partition coefficient (Wildman–Crippen LogP) is 0.757. The highest BCUT2D eigenvalue weighted by Crippen LogP contribution is 2.21. The van der Waals surface area contributed by atoms with Crippen molar-refractivity contribution in [1.82, 2.24) is 9.21 Å². The molecule has 0 radical (unpaired) electrons. The van der Waals surface area contributed by atoms with E-state index in [1.165, 1.54) is 16.4 Å². The fraction of sp³-hybridized carbons (Fsp3) is 0.294. The summed E-state index contributed by atoms with van der Waals surface area (Å²) in [5, 5.41) is 8.69. The van der Waals surface area contributed by atoms with Crippen LogP contribution in [0.2, 0.25) is 0 Å². The van der Waals surface area contributed by atoms with Crippen molar-refractivity contribution in [3.05, 3.63) is 53.3 Å². The van der Waals surface area contributed by atoms with Crippen molar-refractivity contribution in [3.8, 4) is 6.07 Å². The van der Waals surface area contributed by atoms with Gasteiger partial charge in [0.15, 0.2) is 5.76 Å². The van der Waals surface area contributed by atoms with Gasteiger partial charge < -0.3 is 10.2 Å². The van der Waals surface area contributed by atoms with Crippen molar-refractivity contribution in [2.24, 2.45) is 5.73 Å². The molecule has 1 amide bonds. The Balaban J connectivity index is 1.63. The highest BCUT2D eigenvalue weighted by molar-refractivity contribution is 7.89. The first-order valence-electron chi connectivity index (χ1n) is 8.01. The van der Waals surface area contributed by atoms with Gasteiger partial charge in [0.2, 0.25) is 5.09 Å². The topological polar surface area (TPSA) is 121 Å². The van der Waals surface area contributed by atoms with Gasteiger partial charge in [0.1, 0.15) is 0 Å². The van der Waals surface area contributed by atoms with E-state index in [4.69, 9.17) is 15.4 Å². The predicted molar refractivity (Wildman–Crippen MR) is 92.4 cm³/mol. The Morgan fingerprint density at radius 1 is 1.19 bits per heavy atom. The first-order chi connectivity index (χ1) is 12.4. The molecule has 0 saturated carbocycles. The largest absolute Gasteiger partial charge is 0.438 e. The number of sulfonamides is 1. The van der Waals surface area contributed by atoms with Gasteiger partial charge in [-0.3, -0.25) is 9.69 Å². The number of furan rings is 1. The van der Waals surface area contributed by atoms with Crippen LogP contribution in [0.1, 0.15) is 21.7 Å². The fourth-order valence-electron chi connectivity index (χ4n) is 2.84. The molecule has 2 N–H and O–H groups in total. The number of benzene rings is 1. The van der Waals surface area contributed by atoms with Gasteiger partial charge in [-0.25, -0.2) is 8.42 Å². The quantitative estimate of drug-likeness (QED) is 0.825. The molecule has 8 nitrogen and oxygen atoms in total. The normalized spacial score (nSPS) is 16.3. The van der Waals surface area contributed by atoms with Crippen LogP contribution in [0.25, 0.3) is 0 Å². The zero-order valence-electron chi connectivity index (χ0n) is 14.0. The van der Waals surface area contributed by atoms with Gasteiger partial charge in [0.25, 0.3) is 15.9 Å². The Kier molecular flexibility index (Phi) is 5.08. The van der Waals surface area contributed by atoms with Crippen LogP contribution in [0.4, 0.5) is 0 Å². The second-order valence-electron chi connectivity index (χ2n) is 5.98. The Morgan fingerprint density at radius 3 is 2.54 bits per heavy atom. The number of carbonyl (C=O) groups is 1. The number of amides is 1. The molecule has 26 heavy (non-hydrogen) atoms. The van der Waals surface area contributed by atoms with Crippen molar-refractivity contribution in [3.63, 3.8) is 0 Å². The van der Waals surface area contributed by atoms with E-state index in [1.807, 2.05) is 18.2 Å². The van der Waals surface area contributed by atoms with E-state index < -0.39 is 15.9 Å². The summed E-state index contributed by atoms with van der Waals surface area (Å²) in [5.41, 5.74) is 6.71. The number of hydrogen-bond acceptors (Lipinski definition) is 6. The van der Waals surface area contributed by atoms with Gasteiger partial charge in [0, 0.05) is 32.7 Å². The summed E-state index contributed by atoms with van der Waals surface area (Å²) in [6.07, 6.45) is 0. The maximum absolute atomic E-state index is 12.6. The lowest BCUT2D eigenvalue weighted by atomic mass is 10.1. The second-order valence-corrected chi connectivity index (χ2v) is 7.84. The molecule has 136 valence electrons. The summed E-state index contributed by atoms with van der Waals surface area (Å²) >= 11 is 0. The molecular weight excluding hydrogens is 356 g/mol. The zero-order valence-corrected chi connectivity index (χ0v) is 14.8. The highest BCUT2D eigenvalue weighted by atomic mass is 32.2. The molecule has 1 aliphatic heterocycles. The third-order valence-electron chi connectivity index (χ3n) is 4.21. The van der Waals surface area contributed by atoms with Crippen LogP contribution in [-0.2, 0) is 16.6 Å². The minimum atomic E-state index is -3.79. The SMILES string of the molecule is N#Cc1cccc(CN2CCN(S(=O)(=O)c3ccc(C(N)=O)o3)CC2)c1. The van der Waals surface area contributed by atoms with Crippen LogP contribution in [0, 0.1) is 11.3 Å². The average molecular weight is 374 g/mol. The summed E-state index contributed by atoms with van der Waals surface area (Å²) in [6, 6.07) is 12.0. The van der Waals surface area contributed by atoms with E-state index in [1.54, 1.807) is 6.07 Å². The molecule has 1 aliphatic rings. The lowest BCUT2D eigenvalue weighted by Gasteiger charge is -2.33. The molecule has 1 saturated heterocycles.